The van der Waals surface area contributed by atoms with Crippen LogP contribution in [0.25, 0.3) is 0 Å². The molecule has 0 spiro atoms. The summed E-state index contributed by atoms with van der Waals surface area (Å²) in [6, 6.07) is 3.49. The van der Waals surface area contributed by atoms with Crippen LogP contribution in [-0.2, 0) is 11.3 Å². The molecule has 2 aromatic heterocycles. The van der Waals surface area contributed by atoms with E-state index >= 15 is 0 Å². The lowest BCUT2D eigenvalue weighted by Crippen LogP contribution is -2.23. The van der Waals surface area contributed by atoms with Gasteiger partial charge in [-0.25, -0.2) is 23.5 Å². The van der Waals surface area contributed by atoms with Crippen LogP contribution in [-0.4, -0.2) is 40.2 Å². The number of nitrogens with zero attached hydrogens (tertiary/aromatic N) is 4. The van der Waals surface area contributed by atoms with Gasteiger partial charge in [-0.1, -0.05) is 6.07 Å². The monoisotopic (exact) mass is 362 g/mol. The zero-order valence-corrected chi connectivity index (χ0v) is 14.4. The summed E-state index contributed by atoms with van der Waals surface area (Å²) >= 11 is 0. The van der Waals surface area contributed by atoms with Crippen LogP contribution in [0.15, 0.2) is 24.7 Å². The Morgan fingerprint density at radius 1 is 1.35 bits per heavy atom. The molecule has 26 heavy (non-hydrogen) atoms. The van der Waals surface area contributed by atoms with E-state index in [1.165, 1.54) is 18.9 Å². The van der Waals surface area contributed by atoms with E-state index in [-0.39, 0.29) is 24.5 Å². The molecule has 0 N–H and O–H groups in total. The molecule has 2 aromatic rings. The Labute approximate surface area is 149 Å². The molecule has 1 aliphatic carbocycles. The number of carbonyl (C=O) groups excluding carboxylic acids is 1. The Morgan fingerprint density at radius 3 is 2.81 bits per heavy atom. The second kappa shape index (κ2) is 6.66. The van der Waals surface area contributed by atoms with E-state index in [0.29, 0.717) is 23.2 Å². The molecule has 0 amide bonds. The van der Waals surface area contributed by atoms with Crippen molar-refractivity contribution in [2.45, 2.75) is 26.3 Å². The molecule has 138 valence electrons. The third-order valence-electron chi connectivity index (χ3n) is 4.98. The minimum atomic E-state index is -2.66. The minimum absolute atomic E-state index is 0.159. The fourth-order valence-electron chi connectivity index (χ4n) is 3.53. The summed E-state index contributed by atoms with van der Waals surface area (Å²) in [6.07, 6.45) is 1.52. The molecular formula is C18H20F2N4O2. The lowest BCUT2D eigenvalue weighted by Gasteiger charge is -2.20. The Bertz CT molecular complexity index is 813. The molecule has 0 bridgehead atoms. The van der Waals surface area contributed by atoms with E-state index in [0.717, 1.165) is 13.1 Å². The fraction of sp³-hybridized carbons (Fsp3) is 0.500. The van der Waals surface area contributed by atoms with Gasteiger partial charge in [0, 0.05) is 19.3 Å². The first-order valence-corrected chi connectivity index (χ1v) is 8.77. The normalized spacial score (nSPS) is 21.2. The SMILES string of the molecule is CCOC(=O)c1cn(Cc2ccc(N3CC4CC4C3)nc2C(F)F)cn1. The van der Waals surface area contributed by atoms with Gasteiger partial charge < -0.3 is 14.2 Å². The van der Waals surface area contributed by atoms with E-state index in [9.17, 15) is 13.6 Å². The number of piperidine rings is 1. The first-order chi connectivity index (χ1) is 12.5. The summed E-state index contributed by atoms with van der Waals surface area (Å²) in [6.45, 7) is 3.95. The van der Waals surface area contributed by atoms with Crippen molar-refractivity contribution in [2.24, 2.45) is 11.8 Å². The summed E-state index contributed by atoms with van der Waals surface area (Å²) in [5.41, 5.74) is 0.363. The van der Waals surface area contributed by atoms with Crippen LogP contribution in [0, 0.1) is 11.8 Å². The molecule has 8 heteroatoms. The van der Waals surface area contributed by atoms with Crippen LogP contribution in [0.4, 0.5) is 14.6 Å². The smallest absolute Gasteiger partial charge is 0.358 e. The van der Waals surface area contributed by atoms with Gasteiger partial charge in [0.2, 0.25) is 0 Å². The van der Waals surface area contributed by atoms with Crippen molar-refractivity contribution in [3.05, 3.63) is 41.6 Å². The maximum Gasteiger partial charge on any atom is 0.358 e. The second-order valence-electron chi connectivity index (χ2n) is 6.83. The quantitative estimate of drug-likeness (QED) is 0.740. The van der Waals surface area contributed by atoms with Crippen LogP contribution in [0.3, 0.4) is 0 Å². The highest BCUT2D eigenvalue weighted by Crippen LogP contribution is 2.46. The predicted molar refractivity (Wildman–Crippen MR) is 90.3 cm³/mol. The van der Waals surface area contributed by atoms with Crippen LogP contribution in [0.2, 0.25) is 0 Å². The van der Waals surface area contributed by atoms with Crippen LogP contribution in [0.1, 0.15) is 41.5 Å². The van der Waals surface area contributed by atoms with E-state index in [1.54, 1.807) is 23.6 Å². The van der Waals surface area contributed by atoms with E-state index in [1.807, 2.05) is 0 Å². The number of anilines is 1. The van der Waals surface area contributed by atoms with Gasteiger partial charge in [-0.3, -0.25) is 0 Å². The molecule has 1 saturated heterocycles. The highest BCUT2D eigenvalue weighted by Gasteiger charge is 2.45. The number of esters is 1. The zero-order chi connectivity index (χ0) is 18.3. The maximum absolute atomic E-state index is 13.5. The third-order valence-corrected chi connectivity index (χ3v) is 4.98. The average molecular weight is 362 g/mol. The predicted octanol–water partition coefficient (Wildman–Crippen LogP) is 2.90. The Hall–Kier alpha value is -2.51. The van der Waals surface area contributed by atoms with Gasteiger partial charge >= 0.3 is 5.97 Å². The molecule has 2 aliphatic rings. The molecule has 2 unspecified atom stereocenters. The number of ether oxygens (including phenoxy) is 1. The number of fused-ring (bicyclic) bond motifs is 1. The number of pyridine rings is 1. The molecule has 4 rings (SSSR count). The lowest BCUT2D eigenvalue weighted by atomic mass is 10.2. The fourth-order valence-corrected chi connectivity index (χ4v) is 3.53. The highest BCUT2D eigenvalue weighted by molar-refractivity contribution is 5.86. The zero-order valence-electron chi connectivity index (χ0n) is 14.4. The highest BCUT2D eigenvalue weighted by atomic mass is 19.3. The first-order valence-electron chi connectivity index (χ1n) is 8.77. The number of imidazole rings is 1. The number of halogens is 2. The van der Waals surface area contributed by atoms with Crippen molar-refractivity contribution in [1.29, 1.82) is 0 Å². The van der Waals surface area contributed by atoms with Gasteiger partial charge in [-0.05, 0) is 36.8 Å². The largest absolute Gasteiger partial charge is 0.461 e. The van der Waals surface area contributed by atoms with Gasteiger partial charge in [0.15, 0.2) is 5.69 Å². The number of rotatable bonds is 6. The van der Waals surface area contributed by atoms with Crippen molar-refractivity contribution in [3.63, 3.8) is 0 Å². The van der Waals surface area contributed by atoms with Gasteiger partial charge in [0.25, 0.3) is 6.43 Å². The Kier molecular flexibility index (Phi) is 4.34. The molecule has 0 aromatic carbocycles. The van der Waals surface area contributed by atoms with Gasteiger partial charge in [-0.2, -0.15) is 0 Å². The first kappa shape index (κ1) is 16.9. The summed E-state index contributed by atoms with van der Waals surface area (Å²) in [5, 5.41) is 0. The minimum Gasteiger partial charge on any atom is -0.461 e. The summed E-state index contributed by atoms with van der Waals surface area (Å²) in [5.74, 6) is 1.51. The van der Waals surface area contributed by atoms with Crippen LogP contribution < -0.4 is 4.90 Å². The number of aromatic nitrogens is 3. The van der Waals surface area contributed by atoms with E-state index in [4.69, 9.17) is 4.74 Å². The van der Waals surface area contributed by atoms with Crippen molar-refractivity contribution in [2.75, 3.05) is 24.6 Å². The van der Waals surface area contributed by atoms with Crippen molar-refractivity contribution in [3.8, 4) is 0 Å². The maximum atomic E-state index is 13.5. The molecular weight excluding hydrogens is 342 g/mol. The number of hydrogen-bond acceptors (Lipinski definition) is 5. The number of alkyl halides is 2. The standard InChI is InChI=1S/C18H20F2N4O2/c1-2-26-18(25)14-9-23(10-21-14)6-11-3-4-15(22-16(11)17(19)20)24-7-12-5-13(12)8-24/h3-4,9-10,12-13,17H,2,5-8H2,1H3. The molecule has 2 atom stereocenters. The van der Waals surface area contributed by atoms with Crippen molar-refractivity contribution >= 4 is 11.8 Å². The summed E-state index contributed by atoms with van der Waals surface area (Å²) < 4.78 is 33.5. The van der Waals surface area contributed by atoms with E-state index < -0.39 is 12.4 Å². The van der Waals surface area contributed by atoms with Crippen LogP contribution >= 0.6 is 0 Å². The molecule has 6 nitrogen and oxygen atoms in total. The molecule has 1 aliphatic heterocycles. The molecule has 0 radical (unpaired) electrons. The van der Waals surface area contributed by atoms with Gasteiger partial charge in [0.05, 0.1) is 19.5 Å². The molecule has 2 fully saturated rings. The Balaban J connectivity index is 1.53. The Morgan fingerprint density at radius 2 is 2.12 bits per heavy atom. The summed E-state index contributed by atoms with van der Waals surface area (Å²) in [4.78, 5) is 22.0. The topological polar surface area (TPSA) is 60.2 Å². The molecule has 1 saturated carbocycles. The number of hydrogen-bond donors (Lipinski definition) is 0. The number of carbonyl (C=O) groups is 1. The van der Waals surface area contributed by atoms with Crippen LogP contribution in [0.5, 0.6) is 0 Å². The molecule has 3 heterocycles. The van der Waals surface area contributed by atoms with E-state index in [2.05, 4.69) is 14.9 Å². The van der Waals surface area contributed by atoms with Gasteiger partial charge in [-0.15, -0.1) is 0 Å². The lowest BCUT2D eigenvalue weighted by molar-refractivity contribution is 0.0520. The second-order valence-corrected chi connectivity index (χ2v) is 6.83. The summed E-state index contributed by atoms with van der Waals surface area (Å²) in [7, 11) is 0. The van der Waals surface area contributed by atoms with Crippen molar-refractivity contribution in [1.82, 2.24) is 14.5 Å². The van der Waals surface area contributed by atoms with Crippen molar-refractivity contribution < 1.29 is 18.3 Å². The van der Waals surface area contributed by atoms with Gasteiger partial charge in [0.1, 0.15) is 11.5 Å². The average Bonchev–Trinajstić information content (AvgIpc) is 3.02. The third kappa shape index (κ3) is 3.27.